The third kappa shape index (κ3) is 4.09. The number of aromatic nitrogens is 4. The first kappa shape index (κ1) is 21.2. The summed E-state index contributed by atoms with van der Waals surface area (Å²) in [6.07, 6.45) is 1.69. The highest BCUT2D eigenvalue weighted by atomic mass is 16.5. The average molecular weight is 427 g/mol. The highest BCUT2D eigenvalue weighted by molar-refractivity contribution is 5.85. The number of hydrogen-bond acceptors (Lipinski definition) is 9. The van der Waals surface area contributed by atoms with Gasteiger partial charge in [-0.05, 0) is 18.2 Å². The molecule has 0 unspecified atom stereocenters. The average Bonchev–Trinajstić information content (AvgIpc) is 2.82. The number of ether oxygens (including phenoxy) is 3. The van der Waals surface area contributed by atoms with E-state index in [-0.39, 0.29) is 5.95 Å². The van der Waals surface area contributed by atoms with Gasteiger partial charge in [0, 0.05) is 25.8 Å². The first-order chi connectivity index (χ1) is 15.1. The number of piperazine rings is 1. The quantitative estimate of drug-likeness (QED) is 0.538. The number of rotatable bonds is 7. The van der Waals surface area contributed by atoms with Crippen LogP contribution in [0.4, 0.5) is 11.8 Å². The molecule has 3 aromatic rings. The number of benzene rings is 1. The molecule has 31 heavy (non-hydrogen) atoms. The first-order valence-corrected chi connectivity index (χ1v) is 10.2. The van der Waals surface area contributed by atoms with E-state index < -0.39 is 0 Å². The van der Waals surface area contributed by atoms with Gasteiger partial charge in [0.15, 0.2) is 22.7 Å². The Kier molecular flexibility index (Phi) is 6.12. The normalized spacial score (nSPS) is 15.7. The predicted octanol–water partition coefficient (Wildman–Crippen LogP) is 1.24. The number of hydrogen-bond donors (Lipinski definition) is 2. The second kappa shape index (κ2) is 8.96. The second-order valence-electron chi connectivity index (χ2n) is 7.46. The molecule has 4 rings (SSSR count). The van der Waals surface area contributed by atoms with Gasteiger partial charge in [0.05, 0.1) is 45.8 Å². The molecular formula is C21H28N7O3+. The van der Waals surface area contributed by atoms with Gasteiger partial charge in [-0.2, -0.15) is 9.97 Å². The molecule has 2 aromatic heterocycles. The zero-order valence-corrected chi connectivity index (χ0v) is 18.1. The summed E-state index contributed by atoms with van der Waals surface area (Å²) in [5, 5.41) is 3.42. The Morgan fingerprint density at radius 1 is 1.03 bits per heavy atom. The van der Waals surface area contributed by atoms with Gasteiger partial charge in [-0.15, -0.1) is 0 Å². The summed E-state index contributed by atoms with van der Waals surface area (Å²) in [7, 11) is 4.93. The van der Waals surface area contributed by atoms with Crippen molar-refractivity contribution < 1.29 is 14.2 Å². The van der Waals surface area contributed by atoms with Gasteiger partial charge in [0.2, 0.25) is 5.95 Å². The maximum atomic E-state index is 6.06. The predicted molar refractivity (Wildman–Crippen MR) is 119 cm³/mol. The van der Waals surface area contributed by atoms with Gasteiger partial charge < -0.3 is 25.3 Å². The van der Waals surface area contributed by atoms with Crippen LogP contribution in [0.2, 0.25) is 0 Å². The van der Waals surface area contributed by atoms with Crippen molar-refractivity contribution in [1.29, 1.82) is 0 Å². The van der Waals surface area contributed by atoms with Crippen LogP contribution in [-0.4, -0.2) is 80.6 Å². The number of methoxy groups -OCH3 is 3. The minimum Gasteiger partial charge on any atom is -0.493 e. The molecule has 0 saturated carbocycles. The van der Waals surface area contributed by atoms with Gasteiger partial charge in [-0.25, -0.2) is 9.97 Å². The topological polar surface area (TPSA) is 117 Å². The number of nitrogens with one attached hydrogen (secondary N) is 1. The Balaban J connectivity index is 1.87. The molecule has 164 valence electrons. The number of anilines is 1. The molecule has 10 nitrogen and oxygen atoms in total. The van der Waals surface area contributed by atoms with Crippen molar-refractivity contribution in [2.24, 2.45) is 0 Å². The second-order valence-corrected chi connectivity index (χ2v) is 7.46. The fourth-order valence-electron chi connectivity index (χ4n) is 4.01. The van der Waals surface area contributed by atoms with E-state index in [9.17, 15) is 0 Å². The number of nitrogen functional groups attached to an aromatic ring is 1. The fourth-order valence-corrected chi connectivity index (χ4v) is 4.01. The number of nitrogens with zero attached hydrogens (tertiary/aromatic N) is 5. The third-order valence-electron chi connectivity index (χ3n) is 5.69. The molecule has 0 spiro atoms. The lowest BCUT2D eigenvalue weighted by molar-refractivity contribution is 0.139. The van der Waals surface area contributed by atoms with Crippen LogP contribution in [0.5, 0.6) is 11.5 Å². The third-order valence-corrected chi connectivity index (χ3v) is 5.69. The molecule has 1 fully saturated rings. The molecule has 0 amide bonds. The van der Waals surface area contributed by atoms with Crippen LogP contribution in [0.1, 0.15) is 0 Å². The molecule has 0 bridgehead atoms. The number of nitrogens with two attached hydrogens (primary N) is 1. The molecule has 0 aliphatic carbocycles. The van der Waals surface area contributed by atoms with E-state index in [2.05, 4.69) is 20.3 Å². The van der Waals surface area contributed by atoms with Crippen LogP contribution in [-0.2, 0) is 4.74 Å². The Labute approximate surface area is 181 Å². The van der Waals surface area contributed by atoms with Crippen molar-refractivity contribution in [3.8, 4) is 22.8 Å². The van der Waals surface area contributed by atoms with E-state index in [4.69, 9.17) is 24.9 Å². The first-order valence-electron chi connectivity index (χ1n) is 10.2. The van der Waals surface area contributed by atoms with Crippen molar-refractivity contribution in [2.45, 2.75) is 0 Å². The van der Waals surface area contributed by atoms with Gasteiger partial charge in [-0.3, -0.25) is 4.48 Å². The molecular weight excluding hydrogens is 398 g/mol. The summed E-state index contributed by atoms with van der Waals surface area (Å²) >= 11 is 0. The van der Waals surface area contributed by atoms with Crippen LogP contribution in [0.3, 0.4) is 0 Å². The summed E-state index contributed by atoms with van der Waals surface area (Å²) in [6, 6.07) is 5.66. The highest BCUT2D eigenvalue weighted by Gasteiger charge is 2.37. The van der Waals surface area contributed by atoms with Gasteiger partial charge in [-0.1, -0.05) is 0 Å². The Hall–Kier alpha value is -3.08. The Bertz CT molecular complexity index is 1070. The molecule has 10 heteroatoms. The van der Waals surface area contributed by atoms with Crippen LogP contribution < -0.4 is 25.0 Å². The van der Waals surface area contributed by atoms with Gasteiger partial charge in [0.1, 0.15) is 6.54 Å². The van der Waals surface area contributed by atoms with Crippen molar-refractivity contribution in [1.82, 2.24) is 29.7 Å². The van der Waals surface area contributed by atoms with E-state index >= 15 is 0 Å². The Morgan fingerprint density at radius 3 is 2.52 bits per heavy atom. The van der Waals surface area contributed by atoms with Crippen molar-refractivity contribution >= 4 is 22.9 Å². The van der Waals surface area contributed by atoms with Crippen LogP contribution >= 0.6 is 0 Å². The zero-order valence-electron chi connectivity index (χ0n) is 18.1. The van der Waals surface area contributed by atoms with E-state index in [0.29, 0.717) is 39.4 Å². The Morgan fingerprint density at radius 2 is 1.81 bits per heavy atom. The molecule has 3 N–H and O–H groups in total. The summed E-state index contributed by atoms with van der Waals surface area (Å²) < 4.78 is 16.8. The SMILES string of the molecule is COCC[N+]1(c2nc(N)nc3ncc(-c4ccc(OC)c(OC)c4)nc23)CCNCC1. The van der Waals surface area contributed by atoms with Gasteiger partial charge >= 0.3 is 0 Å². The van der Waals surface area contributed by atoms with Crippen molar-refractivity contribution in [2.75, 3.05) is 66.4 Å². The largest absolute Gasteiger partial charge is 0.493 e. The van der Waals surface area contributed by atoms with E-state index in [1.54, 1.807) is 27.5 Å². The van der Waals surface area contributed by atoms with Crippen LogP contribution in [0.15, 0.2) is 24.4 Å². The number of fused-ring (bicyclic) bond motifs is 1. The standard InChI is InChI=1S/C21H28N7O3/c1-29-11-10-28(8-6-23-7-9-28)20-18-19(26-21(22)27-20)24-13-15(25-18)14-4-5-16(30-2)17(12-14)31-3/h4-5,12-13,23H,6-11H2,1-3H3,(H2,22,24,26,27)/q+1. The van der Waals surface area contributed by atoms with E-state index in [1.807, 2.05) is 18.2 Å². The highest BCUT2D eigenvalue weighted by Crippen LogP contribution is 2.34. The monoisotopic (exact) mass is 426 g/mol. The maximum Gasteiger partial charge on any atom is 0.261 e. The lowest BCUT2D eigenvalue weighted by atomic mass is 10.1. The van der Waals surface area contributed by atoms with Crippen molar-refractivity contribution in [3.63, 3.8) is 0 Å². The van der Waals surface area contributed by atoms with E-state index in [1.165, 1.54) is 0 Å². The molecule has 1 aromatic carbocycles. The molecule has 3 heterocycles. The summed E-state index contributed by atoms with van der Waals surface area (Å²) in [6.45, 7) is 4.84. The molecule has 0 atom stereocenters. The molecule has 1 aliphatic rings. The lowest BCUT2D eigenvalue weighted by Gasteiger charge is -2.40. The summed E-state index contributed by atoms with van der Waals surface area (Å²) in [5.41, 5.74) is 8.76. The van der Waals surface area contributed by atoms with Crippen LogP contribution in [0, 0.1) is 0 Å². The number of quaternary nitrogens is 1. The van der Waals surface area contributed by atoms with Crippen molar-refractivity contribution in [3.05, 3.63) is 24.4 Å². The zero-order chi connectivity index (χ0) is 21.8. The van der Waals surface area contributed by atoms with Gasteiger partial charge in [0.25, 0.3) is 5.82 Å². The van der Waals surface area contributed by atoms with Crippen LogP contribution in [0.25, 0.3) is 22.4 Å². The minimum absolute atomic E-state index is 0.198. The molecule has 1 saturated heterocycles. The lowest BCUT2D eigenvalue weighted by Crippen LogP contribution is -2.61. The molecule has 0 radical (unpaired) electrons. The smallest absolute Gasteiger partial charge is 0.261 e. The van der Waals surface area contributed by atoms with E-state index in [0.717, 1.165) is 44.1 Å². The molecule has 1 aliphatic heterocycles. The maximum absolute atomic E-state index is 6.06. The minimum atomic E-state index is 0.198. The summed E-state index contributed by atoms with van der Waals surface area (Å²) in [5.74, 6) is 2.27. The summed E-state index contributed by atoms with van der Waals surface area (Å²) in [4.78, 5) is 18.5. The fraction of sp³-hybridized carbons (Fsp3) is 0.429.